The second-order valence-electron chi connectivity index (χ2n) is 5.15. The van der Waals surface area contributed by atoms with Crippen LogP contribution in [0.5, 0.6) is 0 Å². The molecule has 0 radical (unpaired) electrons. The lowest BCUT2D eigenvalue weighted by Gasteiger charge is -2.37. The van der Waals surface area contributed by atoms with E-state index in [9.17, 15) is 4.39 Å². The average Bonchev–Trinajstić information content (AvgIpc) is 2.74. The highest BCUT2D eigenvalue weighted by Gasteiger charge is 2.33. The molecule has 3 rings (SSSR count). The minimum absolute atomic E-state index is 0.266. The third-order valence-electron chi connectivity index (χ3n) is 3.90. The second kappa shape index (κ2) is 5.70. The molecule has 0 saturated heterocycles. The first-order valence-electron chi connectivity index (χ1n) is 7.07. The lowest BCUT2D eigenvalue weighted by Crippen LogP contribution is -2.34. The van der Waals surface area contributed by atoms with Gasteiger partial charge in [-0.25, -0.2) is 9.37 Å². The van der Waals surface area contributed by atoms with Gasteiger partial charge in [-0.1, -0.05) is 6.07 Å². The number of para-hydroxylation sites is 1. The molecule has 20 heavy (non-hydrogen) atoms. The molecule has 1 aliphatic carbocycles. The Morgan fingerprint density at radius 2 is 2.25 bits per heavy atom. The maximum atomic E-state index is 13.9. The van der Waals surface area contributed by atoms with Crippen LogP contribution in [0.15, 0.2) is 18.2 Å². The summed E-state index contributed by atoms with van der Waals surface area (Å²) < 4.78 is 21.6. The van der Waals surface area contributed by atoms with Crippen LogP contribution >= 0.6 is 11.6 Å². The van der Waals surface area contributed by atoms with Crippen molar-refractivity contribution < 1.29 is 9.13 Å². The summed E-state index contributed by atoms with van der Waals surface area (Å²) in [6.45, 7) is 2.75. The molecular formula is C15H18ClFN2O. The summed E-state index contributed by atoms with van der Waals surface area (Å²) >= 11 is 5.85. The van der Waals surface area contributed by atoms with Crippen LogP contribution in [0.2, 0.25) is 0 Å². The Kier molecular flexibility index (Phi) is 3.94. The quantitative estimate of drug-likeness (QED) is 0.787. The molecule has 1 saturated carbocycles. The van der Waals surface area contributed by atoms with Crippen LogP contribution < -0.4 is 0 Å². The molecule has 0 N–H and O–H groups in total. The Morgan fingerprint density at radius 3 is 2.95 bits per heavy atom. The predicted octanol–water partition coefficient (Wildman–Crippen LogP) is 3.70. The van der Waals surface area contributed by atoms with E-state index in [-0.39, 0.29) is 5.82 Å². The van der Waals surface area contributed by atoms with Crippen molar-refractivity contribution in [3.05, 3.63) is 29.8 Å². The number of hydrogen-bond acceptors (Lipinski definition) is 2. The van der Waals surface area contributed by atoms with Crippen LogP contribution in [0.4, 0.5) is 4.39 Å². The fourth-order valence-corrected chi connectivity index (χ4v) is 3.09. The highest BCUT2D eigenvalue weighted by atomic mass is 35.5. The van der Waals surface area contributed by atoms with E-state index < -0.39 is 0 Å². The number of aromatic nitrogens is 2. The Labute approximate surface area is 122 Å². The highest BCUT2D eigenvalue weighted by molar-refractivity contribution is 6.17. The van der Waals surface area contributed by atoms with Gasteiger partial charge in [0.2, 0.25) is 0 Å². The standard InChI is InChI=1S/C15H18ClFN2O/c1-2-20-11-8-10(9-11)19-13-5-3-4-12(17)15(13)18-14(19)6-7-16/h3-5,10-11H,2,6-9H2,1H3. The molecule has 0 amide bonds. The molecule has 5 heteroatoms. The monoisotopic (exact) mass is 296 g/mol. The number of halogens is 2. The average molecular weight is 297 g/mol. The van der Waals surface area contributed by atoms with Crippen LogP contribution in [0.3, 0.4) is 0 Å². The molecular weight excluding hydrogens is 279 g/mol. The third kappa shape index (κ3) is 2.31. The maximum absolute atomic E-state index is 13.9. The normalized spacial score (nSPS) is 22.1. The van der Waals surface area contributed by atoms with Crippen LogP contribution in [0, 0.1) is 5.82 Å². The fourth-order valence-electron chi connectivity index (χ4n) is 2.92. The summed E-state index contributed by atoms with van der Waals surface area (Å²) in [5.74, 6) is 1.10. The minimum atomic E-state index is -0.266. The van der Waals surface area contributed by atoms with Gasteiger partial charge < -0.3 is 9.30 Å². The minimum Gasteiger partial charge on any atom is -0.378 e. The van der Waals surface area contributed by atoms with Gasteiger partial charge in [-0.15, -0.1) is 11.6 Å². The number of imidazole rings is 1. The van der Waals surface area contributed by atoms with Gasteiger partial charge in [0.15, 0.2) is 5.82 Å². The molecule has 0 aliphatic heterocycles. The molecule has 2 aromatic rings. The highest BCUT2D eigenvalue weighted by Crippen LogP contribution is 2.38. The van der Waals surface area contributed by atoms with Crippen molar-refractivity contribution in [3.8, 4) is 0 Å². The van der Waals surface area contributed by atoms with Crippen molar-refractivity contribution >= 4 is 22.6 Å². The summed E-state index contributed by atoms with van der Waals surface area (Å²) in [4.78, 5) is 4.44. The van der Waals surface area contributed by atoms with Gasteiger partial charge in [0.1, 0.15) is 11.3 Å². The van der Waals surface area contributed by atoms with E-state index in [2.05, 4.69) is 9.55 Å². The Bertz CT molecular complexity index is 607. The maximum Gasteiger partial charge on any atom is 0.151 e. The van der Waals surface area contributed by atoms with Crippen LogP contribution in [-0.4, -0.2) is 28.1 Å². The molecule has 1 aliphatic rings. The van der Waals surface area contributed by atoms with E-state index in [4.69, 9.17) is 16.3 Å². The van der Waals surface area contributed by atoms with Gasteiger partial charge in [-0.3, -0.25) is 0 Å². The molecule has 0 unspecified atom stereocenters. The number of hydrogen-bond donors (Lipinski definition) is 0. The first-order chi connectivity index (χ1) is 9.74. The third-order valence-corrected chi connectivity index (χ3v) is 4.09. The van der Waals surface area contributed by atoms with Gasteiger partial charge in [-0.05, 0) is 31.9 Å². The van der Waals surface area contributed by atoms with Gasteiger partial charge in [0, 0.05) is 24.9 Å². The van der Waals surface area contributed by atoms with Crippen molar-refractivity contribution in [2.45, 2.75) is 38.3 Å². The Balaban J connectivity index is 1.96. The molecule has 1 fully saturated rings. The number of ether oxygens (including phenoxy) is 1. The van der Waals surface area contributed by atoms with E-state index in [1.54, 1.807) is 6.07 Å². The van der Waals surface area contributed by atoms with E-state index >= 15 is 0 Å². The number of benzene rings is 1. The van der Waals surface area contributed by atoms with Crippen molar-refractivity contribution in [1.82, 2.24) is 9.55 Å². The van der Waals surface area contributed by atoms with Crippen molar-refractivity contribution in [2.24, 2.45) is 0 Å². The summed E-state index contributed by atoms with van der Waals surface area (Å²) in [7, 11) is 0. The molecule has 0 spiro atoms. The van der Waals surface area contributed by atoms with E-state index in [1.165, 1.54) is 6.07 Å². The van der Waals surface area contributed by atoms with Crippen LogP contribution in [0.1, 0.15) is 31.6 Å². The summed E-state index contributed by atoms with van der Waals surface area (Å²) in [6.07, 6.45) is 2.90. The molecule has 108 valence electrons. The van der Waals surface area contributed by atoms with Crippen molar-refractivity contribution in [2.75, 3.05) is 12.5 Å². The van der Waals surface area contributed by atoms with Gasteiger partial charge in [0.25, 0.3) is 0 Å². The molecule has 1 aromatic carbocycles. The van der Waals surface area contributed by atoms with Gasteiger partial charge in [-0.2, -0.15) is 0 Å². The predicted molar refractivity (Wildman–Crippen MR) is 77.8 cm³/mol. The largest absolute Gasteiger partial charge is 0.378 e. The van der Waals surface area contributed by atoms with E-state index in [1.807, 2.05) is 13.0 Å². The van der Waals surface area contributed by atoms with E-state index in [0.717, 1.165) is 30.8 Å². The zero-order valence-electron chi connectivity index (χ0n) is 11.5. The summed E-state index contributed by atoms with van der Waals surface area (Å²) in [5.41, 5.74) is 1.32. The number of alkyl halides is 1. The van der Waals surface area contributed by atoms with Crippen LogP contribution in [0.25, 0.3) is 11.0 Å². The van der Waals surface area contributed by atoms with Gasteiger partial charge in [0.05, 0.1) is 11.6 Å². The molecule has 0 bridgehead atoms. The van der Waals surface area contributed by atoms with E-state index in [0.29, 0.717) is 30.0 Å². The second-order valence-corrected chi connectivity index (χ2v) is 5.53. The zero-order valence-corrected chi connectivity index (χ0v) is 12.2. The lowest BCUT2D eigenvalue weighted by molar-refractivity contribution is -0.0192. The summed E-state index contributed by atoms with van der Waals surface area (Å²) in [5, 5.41) is 0. The number of fused-ring (bicyclic) bond motifs is 1. The number of aryl methyl sites for hydroxylation is 1. The van der Waals surface area contributed by atoms with Crippen LogP contribution in [-0.2, 0) is 11.2 Å². The molecule has 1 heterocycles. The topological polar surface area (TPSA) is 27.1 Å². The van der Waals surface area contributed by atoms with Crippen molar-refractivity contribution in [1.29, 1.82) is 0 Å². The molecule has 3 nitrogen and oxygen atoms in total. The zero-order chi connectivity index (χ0) is 14.1. The van der Waals surface area contributed by atoms with Crippen molar-refractivity contribution in [3.63, 3.8) is 0 Å². The Hall–Kier alpha value is -1.13. The first kappa shape index (κ1) is 13.8. The fraction of sp³-hybridized carbons (Fsp3) is 0.533. The smallest absolute Gasteiger partial charge is 0.151 e. The molecule has 1 aromatic heterocycles. The number of rotatable bonds is 5. The lowest BCUT2D eigenvalue weighted by atomic mass is 9.88. The number of nitrogens with zero attached hydrogens (tertiary/aromatic N) is 2. The van der Waals surface area contributed by atoms with Gasteiger partial charge >= 0.3 is 0 Å². The first-order valence-corrected chi connectivity index (χ1v) is 7.61. The Morgan fingerprint density at radius 1 is 1.45 bits per heavy atom. The summed E-state index contributed by atoms with van der Waals surface area (Å²) in [6, 6.07) is 5.46. The SMILES string of the molecule is CCOC1CC(n2c(CCCl)nc3c(F)cccc32)C1. The molecule has 0 atom stereocenters.